The first-order chi connectivity index (χ1) is 9.67. The van der Waals surface area contributed by atoms with Gasteiger partial charge in [-0.1, -0.05) is 6.07 Å². The van der Waals surface area contributed by atoms with Gasteiger partial charge >= 0.3 is 6.18 Å². The number of sulfonamides is 1. The van der Waals surface area contributed by atoms with Crippen molar-refractivity contribution >= 4 is 15.7 Å². The Morgan fingerprint density at radius 1 is 1.38 bits per heavy atom. The van der Waals surface area contributed by atoms with Crippen LogP contribution in [0.25, 0.3) is 0 Å². The van der Waals surface area contributed by atoms with Gasteiger partial charge in [0.2, 0.25) is 10.0 Å². The quantitative estimate of drug-likeness (QED) is 0.895. The van der Waals surface area contributed by atoms with Crippen molar-refractivity contribution < 1.29 is 21.6 Å². The zero-order chi connectivity index (χ0) is 15.7. The van der Waals surface area contributed by atoms with E-state index in [2.05, 4.69) is 10.0 Å². The number of halogens is 3. The lowest BCUT2D eigenvalue weighted by atomic mass is 10.1. The highest BCUT2D eigenvalue weighted by molar-refractivity contribution is 7.92. The van der Waals surface area contributed by atoms with E-state index in [1.807, 2.05) is 0 Å². The van der Waals surface area contributed by atoms with Crippen molar-refractivity contribution in [3.63, 3.8) is 0 Å². The molecule has 1 aromatic rings. The van der Waals surface area contributed by atoms with Crippen molar-refractivity contribution in [3.8, 4) is 0 Å². The van der Waals surface area contributed by atoms with Crippen LogP contribution >= 0.6 is 0 Å². The highest BCUT2D eigenvalue weighted by Gasteiger charge is 2.33. The van der Waals surface area contributed by atoms with Crippen LogP contribution in [0.3, 0.4) is 0 Å². The smallest absolute Gasteiger partial charge is 0.313 e. The standard InChI is InChI=1S/C13H17F3N2O2S/c1-9-4-5-10(7-12(9)13(14,15)16)18-21(19,20)8-11-3-2-6-17-11/h4-5,7,11,17-18H,2-3,6,8H2,1H3. The third-order valence-corrected chi connectivity index (χ3v) is 4.79. The maximum absolute atomic E-state index is 12.8. The average molecular weight is 322 g/mol. The summed E-state index contributed by atoms with van der Waals surface area (Å²) in [6, 6.07) is 3.28. The van der Waals surface area contributed by atoms with Crippen LogP contribution in [0.4, 0.5) is 18.9 Å². The Morgan fingerprint density at radius 3 is 2.67 bits per heavy atom. The topological polar surface area (TPSA) is 58.2 Å². The van der Waals surface area contributed by atoms with Gasteiger partial charge < -0.3 is 5.32 Å². The van der Waals surface area contributed by atoms with Crippen molar-refractivity contribution in [2.75, 3.05) is 17.0 Å². The lowest BCUT2D eigenvalue weighted by molar-refractivity contribution is -0.138. The van der Waals surface area contributed by atoms with Crippen molar-refractivity contribution in [1.29, 1.82) is 0 Å². The van der Waals surface area contributed by atoms with Crippen LogP contribution in [0.5, 0.6) is 0 Å². The zero-order valence-corrected chi connectivity index (χ0v) is 12.3. The van der Waals surface area contributed by atoms with E-state index in [1.165, 1.54) is 19.1 Å². The van der Waals surface area contributed by atoms with Gasteiger partial charge in [-0.25, -0.2) is 8.42 Å². The molecule has 1 aliphatic heterocycles. The Balaban J connectivity index is 2.15. The molecule has 21 heavy (non-hydrogen) atoms. The Hall–Kier alpha value is -1.28. The average Bonchev–Trinajstić information content (AvgIpc) is 2.81. The molecule has 1 saturated heterocycles. The number of anilines is 1. The molecule has 1 unspecified atom stereocenters. The predicted molar refractivity (Wildman–Crippen MR) is 74.6 cm³/mol. The number of rotatable bonds is 4. The first-order valence-electron chi connectivity index (χ1n) is 6.59. The van der Waals surface area contributed by atoms with Gasteiger partial charge in [0.15, 0.2) is 0 Å². The molecule has 8 heteroatoms. The molecule has 0 radical (unpaired) electrons. The maximum atomic E-state index is 12.8. The normalized spacial score (nSPS) is 19.7. The fourth-order valence-electron chi connectivity index (χ4n) is 2.38. The van der Waals surface area contributed by atoms with Gasteiger partial charge in [-0.2, -0.15) is 13.2 Å². The first-order valence-corrected chi connectivity index (χ1v) is 8.24. The van der Waals surface area contributed by atoms with Crippen molar-refractivity contribution in [1.82, 2.24) is 5.32 Å². The van der Waals surface area contributed by atoms with E-state index in [0.29, 0.717) is 0 Å². The SMILES string of the molecule is Cc1ccc(NS(=O)(=O)CC2CCCN2)cc1C(F)(F)F. The molecule has 0 aliphatic carbocycles. The Bertz CT molecular complexity index is 608. The molecule has 1 heterocycles. The van der Waals surface area contributed by atoms with Crippen LogP contribution in [-0.4, -0.2) is 26.8 Å². The third kappa shape index (κ3) is 4.34. The highest BCUT2D eigenvalue weighted by Crippen LogP contribution is 2.33. The second-order valence-electron chi connectivity index (χ2n) is 5.20. The molecule has 0 spiro atoms. The number of hydrogen-bond donors (Lipinski definition) is 2. The van der Waals surface area contributed by atoms with E-state index in [1.54, 1.807) is 0 Å². The number of benzene rings is 1. The second-order valence-corrected chi connectivity index (χ2v) is 6.97. The van der Waals surface area contributed by atoms with Crippen LogP contribution in [0.1, 0.15) is 24.0 Å². The van der Waals surface area contributed by atoms with Gasteiger partial charge in [0.25, 0.3) is 0 Å². The molecule has 0 aromatic heterocycles. The predicted octanol–water partition coefficient (Wildman–Crippen LogP) is 2.51. The van der Waals surface area contributed by atoms with E-state index in [9.17, 15) is 21.6 Å². The van der Waals surface area contributed by atoms with Crippen LogP contribution < -0.4 is 10.0 Å². The summed E-state index contributed by atoms with van der Waals surface area (Å²) in [7, 11) is -3.67. The monoisotopic (exact) mass is 322 g/mol. The summed E-state index contributed by atoms with van der Waals surface area (Å²) in [4.78, 5) is 0. The molecule has 118 valence electrons. The largest absolute Gasteiger partial charge is 0.416 e. The van der Waals surface area contributed by atoms with E-state index in [0.717, 1.165) is 25.5 Å². The molecule has 0 saturated carbocycles. The van der Waals surface area contributed by atoms with Gasteiger partial charge in [0, 0.05) is 11.7 Å². The minimum absolute atomic E-state index is 0.0582. The number of alkyl halides is 3. The van der Waals surface area contributed by atoms with Crippen molar-refractivity contribution in [3.05, 3.63) is 29.3 Å². The number of hydrogen-bond acceptors (Lipinski definition) is 3. The molecule has 1 fully saturated rings. The minimum Gasteiger partial charge on any atom is -0.313 e. The summed E-state index contributed by atoms with van der Waals surface area (Å²) in [5, 5.41) is 3.04. The molecule has 2 rings (SSSR count). The summed E-state index contributed by atoms with van der Waals surface area (Å²) < 4.78 is 64.6. The second kappa shape index (κ2) is 5.84. The Labute approximate surface area is 121 Å². The fraction of sp³-hybridized carbons (Fsp3) is 0.538. The summed E-state index contributed by atoms with van der Waals surface area (Å²) in [5.74, 6) is -0.137. The Kier molecular flexibility index (Phi) is 4.48. The maximum Gasteiger partial charge on any atom is 0.416 e. The molecule has 2 N–H and O–H groups in total. The van der Waals surface area contributed by atoms with Gasteiger partial charge in [-0.15, -0.1) is 0 Å². The molecule has 1 atom stereocenters. The van der Waals surface area contributed by atoms with Gasteiger partial charge in [-0.05, 0) is 44.0 Å². The summed E-state index contributed by atoms with van der Waals surface area (Å²) >= 11 is 0. The first kappa shape index (κ1) is 16.1. The lowest BCUT2D eigenvalue weighted by Gasteiger charge is -2.15. The van der Waals surface area contributed by atoms with Crippen LogP contribution in [0, 0.1) is 6.92 Å². The molecular formula is C13H17F3N2O2S. The third-order valence-electron chi connectivity index (χ3n) is 3.40. The molecule has 0 bridgehead atoms. The molecule has 1 aliphatic rings. The van der Waals surface area contributed by atoms with E-state index in [4.69, 9.17) is 0 Å². The zero-order valence-electron chi connectivity index (χ0n) is 11.5. The molecule has 4 nitrogen and oxygen atoms in total. The van der Waals surface area contributed by atoms with Crippen LogP contribution in [0.2, 0.25) is 0 Å². The lowest BCUT2D eigenvalue weighted by Crippen LogP contribution is -2.32. The van der Waals surface area contributed by atoms with Crippen molar-refractivity contribution in [2.24, 2.45) is 0 Å². The summed E-state index contributed by atoms with van der Waals surface area (Å²) in [6.07, 6.45) is -2.84. The van der Waals surface area contributed by atoms with Crippen LogP contribution in [0.15, 0.2) is 18.2 Å². The molecule has 1 aromatic carbocycles. The van der Waals surface area contributed by atoms with E-state index < -0.39 is 21.8 Å². The minimum atomic E-state index is -4.50. The molecular weight excluding hydrogens is 305 g/mol. The highest BCUT2D eigenvalue weighted by atomic mass is 32.2. The van der Waals surface area contributed by atoms with Crippen molar-refractivity contribution in [2.45, 2.75) is 32.0 Å². The van der Waals surface area contributed by atoms with E-state index in [-0.39, 0.29) is 23.0 Å². The number of nitrogens with one attached hydrogen (secondary N) is 2. The number of aryl methyl sites for hydroxylation is 1. The Morgan fingerprint density at radius 2 is 2.10 bits per heavy atom. The van der Waals surface area contributed by atoms with E-state index >= 15 is 0 Å². The van der Waals surface area contributed by atoms with Gasteiger partial charge in [0.1, 0.15) is 0 Å². The van der Waals surface area contributed by atoms with Gasteiger partial charge in [0.05, 0.1) is 11.3 Å². The molecule has 0 amide bonds. The summed E-state index contributed by atoms with van der Waals surface area (Å²) in [6.45, 7) is 2.10. The van der Waals surface area contributed by atoms with Crippen LogP contribution in [-0.2, 0) is 16.2 Å². The van der Waals surface area contributed by atoms with Gasteiger partial charge in [-0.3, -0.25) is 4.72 Å². The fourth-order valence-corrected chi connectivity index (χ4v) is 3.76. The summed E-state index contributed by atoms with van der Waals surface area (Å²) in [5.41, 5.74) is -0.837.